The first-order valence-corrected chi connectivity index (χ1v) is 7.78. The molecule has 2 amide bonds. The molecule has 1 fully saturated rings. The van der Waals surface area contributed by atoms with Crippen molar-refractivity contribution in [2.45, 2.75) is 6.42 Å². The molecule has 0 aliphatic carbocycles. The van der Waals surface area contributed by atoms with E-state index in [-0.39, 0.29) is 30.3 Å². The largest absolute Gasteiger partial charge is 0.436 e. The minimum absolute atomic E-state index is 0.104. The second-order valence-corrected chi connectivity index (χ2v) is 5.96. The first-order valence-electron chi connectivity index (χ1n) is 7.78. The number of hydrogen-bond acceptors (Lipinski definition) is 4. The molecule has 126 valence electrons. The van der Waals surface area contributed by atoms with Crippen LogP contribution in [0.2, 0.25) is 0 Å². The van der Waals surface area contributed by atoms with E-state index in [2.05, 4.69) is 4.98 Å². The number of carbonyl (C=O) groups is 2. The summed E-state index contributed by atoms with van der Waals surface area (Å²) >= 11 is 0. The topological polar surface area (TPSA) is 89.4 Å². The minimum Gasteiger partial charge on any atom is -0.436 e. The van der Waals surface area contributed by atoms with Crippen LogP contribution in [0.25, 0.3) is 22.6 Å². The molecule has 1 aliphatic rings. The third-order valence-electron chi connectivity index (χ3n) is 4.31. The molecule has 7 heteroatoms. The van der Waals surface area contributed by atoms with E-state index in [4.69, 9.17) is 10.2 Å². The fourth-order valence-corrected chi connectivity index (χ4v) is 2.98. The van der Waals surface area contributed by atoms with Crippen LogP contribution in [-0.4, -0.2) is 23.3 Å². The third kappa shape index (κ3) is 2.63. The summed E-state index contributed by atoms with van der Waals surface area (Å²) in [5, 5.41) is 0. The number of rotatable bonds is 3. The standard InChI is InChI=1S/C18H14FN3O3/c19-13-4-2-1-3-12(13)18-21-14-8-11(5-6-15(14)25-18)22-9-10(17(20)24)7-16(22)23/h1-6,8,10H,7,9H2,(H2,20,24). The van der Waals surface area contributed by atoms with Crippen LogP contribution in [0.1, 0.15) is 6.42 Å². The fourth-order valence-electron chi connectivity index (χ4n) is 2.98. The predicted molar refractivity (Wildman–Crippen MR) is 89.1 cm³/mol. The van der Waals surface area contributed by atoms with Crippen LogP contribution in [-0.2, 0) is 9.59 Å². The quantitative estimate of drug-likeness (QED) is 0.794. The summed E-state index contributed by atoms with van der Waals surface area (Å²) in [6, 6.07) is 11.3. The number of anilines is 1. The number of benzene rings is 2. The molecule has 3 aromatic rings. The van der Waals surface area contributed by atoms with E-state index in [1.165, 1.54) is 11.0 Å². The average molecular weight is 339 g/mol. The van der Waals surface area contributed by atoms with Gasteiger partial charge in [-0.2, -0.15) is 0 Å². The Hall–Kier alpha value is -3.22. The highest BCUT2D eigenvalue weighted by atomic mass is 19.1. The molecule has 0 bridgehead atoms. The lowest BCUT2D eigenvalue weighted by Gasteiger charge is -2.15. The molecule has 0 saturated carbocycles. The maximum atomic E-state index is 13.9. The molecule has 0 radical (unpaired) electrons. The lowest BCUT2D eigenvalue weighted by atomic mass is 10.1. The number of nitrogens with two attached hydrogens (primary N) is 1. The number of halogens is 1. The molecule has 1 atom stereocenters. The Bertz CT molecular complexity index is 998. The van der Waals surface area contributed by atoms with Gasteiger partial charge in [0.2, 0.25) is 17.7 Å². The molecule has 1 aromatic heterocycles. The SMILES string of the molecule is NC(=O)C1CC(=O)N(c2ccc3oc(-c4ccccc4F)nc3c2)C1. The van der Waals surface area contributed by atoms with Crippen molar-refractivity contribution in [1.29, 1.82) is 0 Å². The molecule has 1 saturated heterocycles. The van der Waals surface area contributed by atoms with Crippen LogP contribution < -0.4 is 10.6 Å². The number of nitrogens with zero attached hydrogens (tertiary/aromatic N) is 2. The molecule has 2 aromatic carbocycles. The van der Waals surface area contributed by atoms with Gasteiger partial charge in [0.15, 0.2) is 5.58 Å². The van der Waals surface area contributed by atoms with E-state index >= 15 is 0 Å². The lowest BCUT2D eigenvalue weighted by molar-refractivity contribution is -0.123. The molecule has 0 spiro atoms. The van der Waals surface area contributed by atoms with Gasteiger partial charge in [-0.1, -0.05) is 12.1 Å². The first kappa shape index (κ1) is 15.3. The van der Waals surface area contributed by atoms with E-state index in [0.29, 0.717) is 16.8 Å². The van der Waals surface area contributed by atoms with Crippen molar-refractivity contribution < 1.29 is 18.4 Å². The van der Waals surface area contributed by atoms with Crippen LogP contribution in [0.3, 0.4) is 0 Å². The zero-order valence-corrected chi connectivity index (χ0v) is 13.1. The third-order valence-corrected chi connectivity index (χ3v) is 4.31. The molecular weight excluding hydrogens is 325 g/mol. The summed E-state index contributed by atoms with van der Waals surface area (Å²) in [6.07, 6.45) is 0.104. The average Bonchev–Trinajstić information content (AvgIpc) is 3.18. The molecular formula is C18H14FN3O3. The van der Waals surface area contributed by atoms with Crippen molar-refractivity contribution in [3.8, 4) is 11.5 Å². The van der Waals surface area contributed by atoms with Crippen LogP contribution in [0, 0.1) is 11.7 Å². The van der Waals surface area contributed by atoms with Gasteiger partial charge in [-0.05, 0) is 30.3 Å². The Morgan fingerprint density at radius 1 is 1.28 bits per heavy atom. The van der Waals surface area contributed by atoms with Crippen LogP contribution in [0.5, 0.6) is 0 Å². The highest BCUT2D eigenvalue weighted by molar-refractivity contribution is 6.01. The summed E-state index contributed by atoms with van der Waals surface area (Å²) in [5.41, 5.74) is 7.16. The summed E-state index contributed by atoms with van der Waals surface area (Å²) in [4.78, 5) is 29.3. The van der Waals surface area contributed by atoms with Crippen LogP contribution >= 0.6 is 0 Å². The van der Waals surface area contributed by atoms with Crippen molar-refractivity contribution in [1.82, 2.24) is 4.98 Å². The van der Waals surface area contributed by atoms with Gasteiger partial charge in [0.05, 0.1) is 11.5 Å². The Labute approximate surface area is 142 Å². The highest BCUT2D eigenvalue weighted by Crippen LogP contribution is 2.31. The molecule has 1 unspecified atom stereocenters. The second kappa shape index (κ2) is 5.70. The predicted octanol–water partition coefficient (Wildman–Crippen LogP) is 2.47. The van der Waals surface area contributed by atoms with E-state index in [9.17, 15) is 14.0 Å². The molecule has 4 rings (SSSR count). The molecule has 1 aliphatic heterocycles. The Kier molecular flexibility index (Phi) is 3.49. The van der Waals surface area contributed by atoms with Crippen molar-refractivity contribution in [2.75, 3.05) is 11.4 Å². The number of amides is 2. The Morgan fingerprint density at radius 3 is 2.80 bits per heavy atom. The normalized spacial score (nSPS) is 17.4. The zero-order chi connectivity index (χ0) is 17.6. The number of fused-ring (bicyclic) bond motifs is 1. The smallest absolute Gasteiger partial charge is 0.230 e. The van der Waals surface area contributed by atoms with E-state index < -0.39 is 17.6 Å². The van der Waals surface area contributed by atoms with Gasteiger partial charge in [0, 0.05) is 18.7 Å². The van der Waals surface area contributed by atoms with E-state index in [1.54, 1.807) is 36.4 Å². The summed E-state index contributed by atoms with van der Waals surface area (Å²) < 4.78 is 19.5. The maximum Gasteiger partial charge on any atom is 0.230 e. The summed E-state index contributed by atoms with van der Waals surface area (Å²) in [6.45, 7) is 0.248. The Balaban J connectivity index is 1.71. The summed E-state index contributed by atoms with van der Waals surface area (Å²) in [5.74, 6) is -1.39. The number of carbonyl (C=O) groups excluding carboxylic acids is 2. The van der Waals surface area contributed by atoms with Gasteiger partial charge in [-0.25, -0.2) is 9.37 Å². The fraction of sp³-hybridized carbons (Fsp3) is 0.167. The van der Waals surface area contributed by atoms with Crippen molar-refractivity contribution in [3.05, 3.63) is 48.3 Å². The van der Waals surface area contributed by atoms with Gasteiger partial charge in [-0.3, -0.25) is 9.59 Å². The van der Waals surface area contributed by atoms with Crippen LogP contribution in [0.4, 0.5) is 10.1 Å². The zero-order valence-electron chi connectivity index (χ0n) is 13.1. The maximum absolute atomic E-state index is 13.9. The van der Waals surface area contributed by atoms with Crippen molar-refractivity contribution >= 4 is 28.6 Å². The Morgan fingerprint density at radius 2 is 2.08 bits per heavy atom. The van der Waals surface area contributed by atoms with Crippen molar-refractivity contribution in [2.24, 2.45) is 11.7 Å². The summed E-state index contributed by atoms with van der Waals surface area (Å²) in [7, 11) is 0. The van der Waals surface area contributed by atoms with Crippen LogP contribution in [0.15, 0.2) is 46.9 Å². The monoisotopic (exact) mass is 339 g/mol. The molecule has 6 nitrogen and oxygen atoms in total. The van der Waals surface area contributed by atoms with E-state index in [1.807, 2.05) is 0 Å². The first-order chi connectivity index (χ1) is 12.0. The number of oxazole rings is 1. The van der Waals surface area contributed by atoms with Crippen molar-refractivity contribution in [3.63, 3.8) is 0 Å². The molecule has 2 N–H and O–H groups in total. The van der Waals surface area contributed by atoms with Gasteiger partial charge in [0.25, 0.3) is 0 Å². The minimum atomic E-state index is -0.491. The molecule has 25 heavy (non-hydrogen) atoms. The number of hydrogen-bond donors (Lipinski definition) is 1. The lowest BCUT2D eigenvalue weighted by Crippen LogP contribution is -2.28. The van der Waals surface area contributed by atoms with Gasteiger partial charge in [0.1, 0.15) is 11.3 Å². The highest BCUT2D eigenvalue weighted by Gasteiger charge is 2.34. The van der Waals surface area contributed by atoms with Gasteiger partial charge >= 0.3 is 0 Å². The van der Waals surface area contributed by atoms with E-state index in [0.717, 1.165) is 0 Å². The van der Waals surface area contributed by atoms with Gasteiger partial charge < -0.3 is 15.1 Å². The second-order valence-electron chi connectivity index (χ2n) is 5.96. The molecule has 2 heterocycles. The number of primary amides is 1. The number of aromatic nitrogens is 1. The van der Waals surface area contributed by atoms with Gasteiger partial charge in [-0.15, -0.1) is 0 Å².